The molecule has 0 unspecified atom stereocenters. The lowest BCUT2D eigenvalue weighted by Gasteiger charge is -2.17. The van der Waals surface area contributed by atoms with E-state index in [4.69, 9.17) is 20.3 Å². The molecular weight excluding hydrogens is 195 g/mol. The number of nitrogens with zero attached hydrogens (tertiary/aromatic N) is 1. The predicted octanol–water partition coefficient (Wildman–Crippen LogP) is -0.681. The smallest absolute Gasteiger partial charge is 0.324 e. The third-order valence-corrected chi connectivity index (χ3v) is 1.22. The lowest BCUT2D eigenvalue weighted by molar-refractivity contribution is -0.134. The molecule has 4 N–H and O–H groups in total. The Morgan fingerprint density at radius 2 is 2.08 bits per heavy atom. The maximum atomic E-state index is 10.8. The normalized spacial score (nSPS) is 8.92. The van der Waals surface area contributed by atoms with Gasteiger partial charge in [0.25, 0.3) is 0 Å². The molecule has 0 aliphatic rings. The summed E-state index contributed by atoms with van der Waals surface area (Å²) in [6, 6.07) is 0. The molecule has 13 heavy (non-hydrogen) atoms. The Bertz CT molecular complexity index is 145. The van der Waals surface area contributed by atoms with E-state index in [1.54, 1.807) is 6.92 Å². The Labute approximate surface area is 78.6 Å². The van der Waals surface area contributed by atoms with Crippen LogP contribution < -0.4 is 5.73 Å². The van der Waals surface area contributed by atoms with E-state index in [2.05, 4.69) is 0 Å². The Hall–Kier alpha value is -0.550. The van der Waals surface area contributed by atoms with Crippen LogP contribution in [0.2, 0.25) is 0 Å². The average molecular weight is 210 g/mol. The highest BCUT2D eigenvalue weighted by Gasteiger charge is 2.06. The summed E-state index contributed by atoms with van der Waals surface area (Å²) in [4.78, 5) is 19.1. The summed E-state index contributed by atoms with van der Waals surface area (Å²) >= 11 is 0. The van der Waals surface area contributed by atoms with Crippen LogP contribution in [0, 0.1) is 0 Å². The Kier molecular flexibility index (Phi) is 13.2. The molecule has 0 rings (SSSR count). The van der Waals surface area contributed by atoms with E-state index in [1.165, 1.54) is 4.90 Å². The molecule has 0 aliphatic heterocycles. The number of hydrogen-bond acceptors (Lipinski definition) is 4. The second-order valence-electron chi connectivity index (χ2n) is 2.02. The van der Waals surface area contributed by atoms with Crippen LogP contribution in [0.25, 0.3) is 0 Å². The summed E-state index contributed by atoms with van der Waals surface area (Å²) in [5, 5.41) is 8.61. The molecule has 0 aromatic carbocycles. The number of hydrogen-bond donors (Lipinski definition) is 3. The molecule has 0 heterocycles. The number of rotatable bonds is 4. The number of nitrogens with two attached hydrogens (primary N) is 1. The van der Waals surface area contributed by atoms with Crippen LogP contribution in [-0.2, 0) is 9.36 Å². The highest BCUT2D eigenvalue weighted by atomic mass is 31.1. The van der Waals surface area contributed by atoms with Crippen LogP contribution in [0.15, 0.2) is 0 Å². The Morgan fingerprint density at radius 1 is 1.62 bits per heavy atom. The van der Waals surface area contributed by atoms with Crippen molar-refractivity contribution in [2.24, 2.45) is 5.73 Å². The van der Waals surface area contributed by atoms with E-state index in [9.17, 15) is 4.79 Å². The SMILES string of the molecule is CCC(=O)N(CO)CCN.O=PO. The molecule has 0 aromatic heterocycles. The van der Waals surface area contributed by atoms with E-state index in [0.717, 1.165) is 0 Å². The van der Waals surface area contributed by atoms with E-state index in [1.807, 2.05) is 0 Å². The monoisotopic (exact) mass is 210 g/mol. The van der Waals surface area contributed by atoms with E-state index >= 15 is 0 Å². The molecule has 0 fully saturated rings. The van der Waals surface area contributed by atoms with Gasteiger partial charge in [0, 0.05) is 19.5 Å². The van der Waals surface area contributed by atoms with Crippen LogP contribution in [-0.4, -0.2) is 40.6 Å². The van der Waals surface area contributed by atoms with Crippen molar-refractivity contribution in [1.82, 2.24) is 4.90 Å². The van der Waals surface area contributed by atoms with Crippen molar-refractivity contribution >= 4 is 14.6 Å². The molecule has 7 heteroatoms. The van der Waals surface area contributed by atoms with Gasteiger partial charge in [-0.2, -0.15) is 0 Å². The number of aliphatic hydroxyl groups is 1. The van der Waals surface area contributed by atoms with E-state index in [-0.39, 0.29) is 12.6 Å². The lowest BCUT2D eigenvalue weighted by atomic mass is 10.4. The molecule has 0 saturated carbocycles. The summed E-state index contributed by atoms with van der Waals surface area (Å²) in [6.45, 7) is 2.35. The molecule has 1 amide bonds. The minimum Gasteiger partial charge on any atom is -0.376 e. The Balaban J connectivity index is 0. The summed E-state index contributed by atoms with van der Waals surface area (Å²) < 4.78 is 8.46. The first-order valence-electron chi connectivity index (χ1n) is 3.73. The standard InChI is InChI=1S/C6H14N2O2.HO2P/c1-2-6(10)8(5-9)4-3-7;1-3-2/h9H,2-5,7H2,1H3;(H,1,2). The predicted molar refractivity (Wildman–Crippen MR) is 48.0 cm³/mol. The maximum Gasteiger partial charge on any atom is 0.324 e. The molecular formula is C6H15N2O4P. The van der Waals surface area contributed by atoms with Gasteiger partial charge >= 0.3 is 8.69 Å². The summed E-state index contributed by atoms with van der Waals surface area (Å²) in [6.07, 6.45) is 0.417. The van der Waals surface area contributed by atoms with Gasteiger partial charge in [-0.15, -0.1) is 0 Å². The quantitative estimate of drug-likeness (QED) is 0.421. The highest BCUT2D eigenvalue weighted by molar-refractivity contribution is 7.16. The van der Waals surface area contributed by atoms with Crippen LogP contribution in [0.5, 0.6) is 0 Å². The second-order valence-corrected chi connectivity index (χ2v) is 2.19. The van der Waals surface area contributed by atoms with Crippen molar-refractivity contribution in [3.63, 3.8) is 0 Å². The van der Waals surface area contributed by atoms with Gasteiger partial charge in [-0.1, -0.05) is 6.92 Å². The highest BCUT2D eigenvalue weighted by Crippen LogP contribution is 1.89. The van der Waals surface area contributed by atoms with Gasteiger partial charge in [-0.05, 0) is 0 Å². The zero-order chi connectivity index (χ0) is 10.7. The third-order valence-electron chi connectivity index (χ3n) is 1.22. The molecule has 0 saturated heterocycles. The van der Waals surface area contributed by atoms with E-state index in [0.29, 0.717) is 19.5 Å². The van der Waals surface area contributed by atoms with Crippen molar-refractivity contribution in [3.8, 4) is 0 Å². The number of carbonyl (C=O) groups is 1. The first kappa shape index (κ1) is 14.9. The number of aliphatic hydroxyl groups excluding tert-OH is 1. The van der Waals surface area contributed by atoms with Crippen LogP contribution in [0.1, 0.15) is 13.3 Å². The van der Waals surface area contributed by atoms with Gasteiger partial charge < -0.3 is 20.6 Å². The fourth-order valence-corrected chi connectivity index (χ4v) is 0.654. The lowest BCUT2D eigenvalue weighted by Crippen LogP contribution is -2.35. The molecule has 0 atom stereocenters. The molecule has 6 nitrogen and oxygen atoms in total. The van der Waals surface area contributed by atoms with Gasteiger partial charge in [0.2, 0.25) is 5.91 Å². The number of carbonyl (C=O) groups excluding carboxylic acids is 1. The molecule has 0 aliphatic carbocycles. The topological polar surface area (TPSA) is 104 Å². The first-order chi connectivity index (χ1) is 6.17. The molecule has 0 radical (unpaired) electrons. The van der Waals surface area contributed by atoms with Crippen LogP contribution >= 0.6 is 8.69 Å². The summed E-state index contributed by atoms with van der Waals surface area (Å²) in [5.41, 5.74) is 5.19. The molecule has 78 valence electrons. The van der Waals surface area contributed by atoms with Crippen molar-refractivity contribution in [1.29, 1.82) is 0 Å². The molecule has 0 bridgehead atoms. The minimum absolute atomic E-state index is 0.0621. The third kappa shape index (κ3) is 9.36. The first-order valence-corrected chi connectivity index (χ1v) is 4.49. The van der Waals surface area contributed by atoms with Gasteiger partial charge in [0.05, 0.1) is 0 Å². The van der Waals surface area contributed by atoms with Crippen LogP contribution in [0.3, 0.4) is 0 Å². The van der Waals surface area contributed by atoms with Crippen molar-refractivity contribution in [2.75, 3.05) is 19.8 Å². The fourth-order valence-electron chi connectivity index (χ4n) is 0.654. The minimum atomic E-state index is -0.833. The zero-order valence-corrected chi connectivity index (χ0v) is 8.41. The fraction of sp³-hybridized carbons (Fsp3) is 0.833. The maximum absolute atomic E-state index is 10.8. The zero-order valence-electron chi connectivity index (χ0n) is 7.51. The Morgan fingerprint density at radius 3 is 2.31 bits per heavy atom. The van der Waals surface area contributed by atoms with Crippen molar-refractivity contribution in [2.45, 2.75) is 13.3 Å². The summed E-state index contributed by atoms with van der Waals surface area (Å²) in [7, 11) is -0.833. The van der Waals surface area contributed by atoms with Crippen molar-refractivity contribution < 1.29 is 19.4 Å². The summed E-state index contributed by atoms with van der Waals surface area (Å²) in [5.74, 6) is -0.0621. The molecule has 0 spiro atoms. The average Bonchev–Trinajstić information content (AvgIpc) is 2.14. The van der Waals surface area contributed by atoms with Crippen molar-refractivity contribution in [3.05, 3.63) is 0 Å². The van der Waals surface area contributed by atoms with Gasteiger partial charge in [0.1, 0.15) is 6.73 Å². The largest absolute Gasteiger partial charge is 0.376 e. The van der Waals surface area contributed by atoms with Crippen LogP contribution in [0.4, 0.5) is 0 Å². The van der Waals surface area contributed by atoms with Gasteiger partial charge in [0.15, 0.2) is 0 Å². The van der Waals surface area contributed by atoms with Gasteiger partial charge in [-0.3, -0.25) is 4.79 Å². The number of amides is 1. The van der Waals surface area contributed by atoms with E-state index < -0.39 is 8.69 Å². The molecule has 0 aromatic rings. The van der Waals surface area contributed by atoms with Gasteiger partial charge in [-0.25, -0.2) is 4.57 Å². The second kappa shape index (κ2) is 11.4.